The van der Waals surface area contributed by atoms with Crippen LogP contribution in [0.15, 0.2) is 24.4 Å². The van der Waals surface area contributed by atoms with Gasteiger partial charge in [0.1, 0.15) is 0 Å². The molecule has 0 bridgehead atoms. The predicted molar refractivity (Wildman–Crippen MR) is 65.2 cm³/mol. The van der Waals surface area contributed by atoms with Crippen LogP contribution in [-0.2, 0) is 7.05 Å². The van der Waals surface area contributed by atoms with Crippen molar-refractivity contribution in [1.82, 2.24) is 9.78 Å². The van der Waals surface area contributed by atoms with Gasteiger partial charge in [-0.3, -0.25) is 9.48 Å². The third-order valence-electron chi connectivity index (χ3n) is 2.60. The summed E-state index contributed by atoms with van der Waals surface area (Å²) in [4.78, 5) is 10.9. The van der Waals surface area contributed by atoms with E-state index in [1.54, 1.807) is 30.8 Å². The summed E-state index contributed by atoms with van der Waals surface area (Å²) in [6, 6.07) is 4.60. The fourth-order valence-electron chi connectivity index (χ4n) is 1.81. The third-order valence-corrected chi connectivity index (χ3v) is 2.60. The summed E-state index contributed by atoms with van der Waals surface area (Å²) >= 11 is 0. The smallest absolute Gasteiger partial charge is 0.165 e. The maximum Gasteiger partial charge on any atom is 0.165 e. The van der Waals surface area contributed by atoms with Crippen LogP contribution in [0, 0.1) is 5.82 Å². The normalized spacial score (nSPS) is 10.4. The van der Waals surface area contributed by atoms with Crippen molar-refractivity contribution in [2.75, 3.05) is 6.61 Å². The van der Waals surface area contributed by atoms with E-state index in [1.807, 2.05) is 0 Å². The summed E-state index contributed by atoms with van der Waals surface area (Å²) in [5.41, 5.74) is 1.62. The van der Waals surface area contributed by atoms with E-state index in [2.05, 4.69) is 5.10 Å². The Kier molecular flexibility index (Phi) is 3.41. The van der Waals surface area contributed by atoms with E-state index in [1.165, 1.54) is 12.3 Å². The van der Waals surface area contributed by atoms with E-state index in [-0.39, 0.29) is 5.75 Å². The molecule has 0 aliphatic carbocycles. The fraction of sp³-hybridized carbons (Fsp3) is 0.231. The summed E-state index contributed by atoms with van der Waals surface area (Å²) < 4.78 is 20.4. The minimum absolute atomic E-state index is 0.205. The predicted octanol–water partition coefficient (Wildman–Crippen LogP) is 2.44. The highest BCUT2D eigenvalue weighted by Gasteiger charge is 2.12. The number of nitrogens with zero attached hydrogens (tertiary/aromatic N) is 2. The molecule has 18 heavy (non-hydrogen) atoms. The number of aryl methyl sites for hydroxylation is 1. The van der Waals surface area contributed by atoms with E-state index in [0.717, 1.165) is 0 Å². The second-order valence-corrected chi connectivity index (χ2v) is 3.77. The Morgan fingerprint density at radius 2 is 2.28 bits per heavy atom. The Hall–Kier alpha value is -2.17. The average Bonchev–Trinajstić information content (AvgIpc) is 2.73. The molecule has 1 aromatic heterocycles. The number of aromatic nitrogens is 2. The zero-order valence-corrected chi connectivity index (χ0v) is 10.2. The van der Waals surface area contributed by atoms with Crippen molar-refractivity contribution >= 4 is 6.29 Å². The largest absolute Gasteiger partial charge is 0.491 e. The van der Waals surface area contributed by atoms with Gasteiger partial charge in [0.2, 0.25) is 0 Å². The number of benzene rings is 1. The van der Waals surface area contributed by atoms with Crippen molar-refractivity contribution in [3.05, 3.63) is 35.8 Å². The molecule has 4 nitrogen and oxygen atoms in total. The minimum atomic E-state index is -0.451. The molecule has 2 aromatic rings. The average molecular weight is 248 g/mol. The lowest BCUT2D eigenvalue weighted by Gasteiger charge is -2.07. The first-order chi connectivity index (χ1) is 8.67. The molecule has 94 valence electrons. The van der Waals surface area contributed by atoms with E-state index in [9.17, 15) is 9.18 Å². The van der Waals surface area contributed by atoms with E-state index in [0.29, 0.717) is 29.7 Å². The molecule has 1 heterocycles. The number of rotatable bonds is 4. The van der Waals surface area contributed by atoms with Crippen molar-refractivity contribution in [1.29, 1.82) is 0 Å². The van der Waals surface area contributed by atoms with Gasteiger partial charge in [0.25, 0.3) is 0 Å². The monoisotopic (exact) mass is 248 g/mol. The lowest BCUT2D eigenvalue weighted by atomic mass is 10.1. The zero-order valence-electron chi connectivity index (χ0n) is 10.2. The molecule has 5 heteroatoms. The van der Waals surface area contributed by atoms with Crippen LogP contribution < -0.4 is 4.74 Å². The van der Waals surface area contributed by atoms with Crippen molar-refractivity contribution in [2.24, 2.45) is 7.05 Å². The number of carbonyl (C=O) groups is 1. The summed E-state index contributed by atoms with van der Waals surface area (Å²) in [6.45, 7) is 2.19. The Morgan fingerprint density at radius 3 is 2.89 bits per heavy atom. The molecule has 0 amide bonds. The Morgan fingerprint density at radius 1 is 1.50 bits per heavy atom. The van der Waals surface area contributed by atoms with Gasteiger partial charge in [0.05, 0.1) is 24.1 Å². The van der Waals surface area contributed by atoms with Crippen LogP contribution in [0.3, 0.4) is 0 Å². The lowest BCUT2D eigenvalue weighted by molar-refractivity contribution is 0.112. The maximum atomic E-state index is 13.8. The quantitative estimate of drug-likeness (QED) is 0.780. The van der Waals surface area contributed by atoms with Gasteiger partial charge < -0.3 is 4.74 Å². The van der Waals surface area contributed by atoms with Gasteiger partial charge in [0, 0.05) is 12.6 Å². The first-order valence-corrected chi connectivity index (χ1v) is 5.57. The molecule has 0 aliphatic rings. The van der Waals surface area contributed by atoms with Crippen LogP contribution >= 0.6 is 0 Å². The van der Waals surface area contributed by atoms with Crippen LogP contribution in [0.2, 0.25) is 0 Å². The number of hydrogen-bond donors (Lipinski definition) is 0. The highest BCUT2D eigenvalue weighted by Crippen LogP contribution is 2.27. The number of carbonyl (C=O) groups excluding carboxylic acids is 1. The van der Waals surface area contributed by atoms with Crippen LogP contribution in [0.1, 0.15) is 17.3 Å². The van der Waals surface area contributed by atoms with Crippen LogP contribution in [0.4, 0.5) is 4.39 Å². The number of halogens is 1. The molecular formula is C13H13FN2O2. The van der Waals surface area contributed by atoms with Crippen LogP contribution in [0.25, 0.3) is 11.3 Å². The van der Waals surface area contributed by atoms with Gasteiger partial charge in [-0.05, 0) is 25.1 Å². The second kappa shape index (κ2) is 5.00. The Labute approximate surface area is 104 Å². The molecule has 0 spiro atoms. The topological polar surface area (TPSA) is 44.1 Å². The maximum absolute atomic E-state index is 13.8. The molecule has 0 radical (unpaired) electrons. The van der Waals surface area contributed by atoms with Gasteiger partial charge >= 0.3 is 0 Å². The summed E-state index contributed by atoms with van der Waals surface area (Å²) in [5.74, 6) is -0.247. The van der Waals surface area contributed by atoms with Crippen molar-refractivity contribution in [2.45, 2.75) is 6.92 Å². The summed E-state index contributed by atoms with van der Waals surface area (Å²) in [6.07, 6.45) is 2.16. The fourth-order valence-corrected chi connectivity index (χ4v) is 1.81. The van der Waals surface area contributed by atoms with E-state index >= 15 is 0 Å². The van der Waals surface area contributed by atoms with E-state index in [4.69, 9.17) is 4.74 Å². The molecule has 1 aromatic carbocycles. The molecular weight excluding hydrogens is 235 g/mol. The molecule has 0 aliphatic heterocycles. The number of ether oxygens (including phenoxy) is 1. The summed E-state index contributed by atoms with van der Waals surface area (Å²) in [7, 11) is 1.71. The summed E-state index contributed by atoms with van der Waals surface area (Å²) in [5, 5.41) is 3.98. The van der Waals surface area contributed by atoms with Gasteiger partial charge in [-0.15, -0.1) is 0 Å². The molecule has 0 fully saturated rings. The van der Waals surface area contributed by atoms with Crippen LogP contribution in [-0.4, -0.2) is 22.7 Å². The van der Waals surface area contributed by atoms with Gasteiger partial charge in [0.15, 0.2) is 17.9 Å². The second-order valence-electron chi connectivity index (χ2n) is 3.77. The zero-order chi connectivity index (χ0) is 13.1. The SMILES string of the molecule is CCOc1ccc(-c2c(C=O)cnn2C)cc1F. The molecule has 2 rings (SSSR count). The Balaban J connectivity index is 2.48. The first kappa shape index (κ1) is 12.3. The molecule has 0 saturated carbocycles. The minimum Gasteiger partial charge on any atom is -0.491 e. The molecule has 0 N–H and O–H groups in total. The molecule has 0 unspecified atom stereocenters. The van der Waals surface area contributed by atoms with Gasteiger partial charge in [-0.2, -0.15) is 5.10 Å². The standard InChI is InChI=1S/C13H13FN2O2/c1-3-18-12-5-4-9(6-11(12)14)13-10(8-17)7-15-16(13)2/h4-8H,3H2,1-2H3. The Bertz CT molecular complexity index is 578. The van der Waals surface area contributed by atoms with Crippen LogP contribution in [0.5, 0.6) is 5.75 Å². The first-order valence-electron chi connectivity index (χ1n) is 5.57. The number of hydrogen-bond acceptors (Lipinski definition) is 3. The molecule has 0 saturated heterocycles. The van der Waals surface area contributed by atoms with Gasteiger partial charge in [-0.25, -0.2) is 4.39 Å². The van der Waals surface area contributed by atoms with Crippen molar-refractivity contribution in [3.63, 3.8) is 0 Å². The van der Waals surface area contributed by atoms with Crippen molar-refractivity contribution in [3.8, 4) is 17.0 Å². The van der Waals surface area contributed by atoms with Crippen molar-refractivity contribution < 1.29 is 13.9 Å². The van der Waals surface area contributed by atoms with Gasteiger partial charge in [-0.1, -0.05) is 0 Å². The molecule has 0 atom stereocenters. The highest BCUT2D eigenvalue weighted by atomic mass is 19.1. The number of aldehydes is 1. The van der Waals surface area contributed by atoms with E-state index < -0.39 is 5.82 Å². The highest BCUT2D eigenvalue weighted by molar-refractivity contribution is 5.85. The lowest BCUT2D eigenvalue weighted by Crippen LogP contribution is -1.98. The third kappa shape index (κ3) is 2.11.